The van der Waals surface area contributed by atoms with Gasteiger partial charge in [-0.2, -0.15) is 0 Å². The minimum Gasteiger partial charge on any atom is -0.494 e. The maximum Gasteiger partial charge on any atom is 0.337 e. The minimum atomic E-state index is -1.12. The van der Waals surface area contributed by atoms with Gasteiger partial charge >= 0.3 is 5.97 Å². The van der Waals surface area contributed by atoms with E-state index in [0.717, 1.165) is 22.4 Å². The monoisotopic (exact) mass is 434 g/mol. The van der Waals surface area contributed by atoms with Crippen molar-refractivity contribution in [2.45, 2.75) is 26.8 Å². The molecule has 7 heteroatoms. The number of aromatic nitrogens is 2. The van der Waals surface area contributed by atoms with Crippen molar-refractivity contribution in [2.75, 3.05) is 6.61 Å². The number of carboxylic acid groups (broad SMARTS) is 1. The van der Waals surface area contributed by atoms with E-state index in [1.54, 1.807) is 4.57 Å². The van der Waals surface area contributed by atoms with Crippen LogP contribution >= 0.6 is 11.3 Å². The number of thiophene rings is 1. The molecule has 4 rings (SSSR count). The van der Waals surface area contributed by atoms with Gasteiger partial charge in [-0.1, -0.05) is 42.0 Å². The van der Waals surface area contributed by atoms with Gasteiger partial charge in [-0.05, 0) is 38.0 Å². The zero-order valence-corrected chi connectivity index (χ0v) is 18.1. The Morgan fingerprint density at radius 3 is 2.61 bits per heavy atom. The van der Waals surface area contributed by atoms with Crippen LogP contribution in [0.2, 0.25) is 0 Å². The minimum absolute atomic E-state index is 0.00211. The molecule has 0 amide bonds. The van der Waals surface area contributed by atoms with Crippen molar-refractivity contribution in [3.8, 4) is 17.1 Å². The number of ether oxygens (including phenoxy) is 1. The molecule has 0 spiro atoms. The van der Waals surface area contributed by atoms with Gasteiger partial charge in [0.25, 0.3) is 5.56 Å². The fraction of sp³-hybridized carbons (Fsp3) is 0.208. The molecule has 0 saturated heterocycles. The highest BCUT2D eigenvalue weighted by atomic mass is 32.1. The maximum atomic E-state index is 13.3. The van der Waals surface area contributed by atoms with E-state index in [1.165, 1.54) is 16.7 Å². The molecule has 0 aliphatic heterocycles. The standard InChI is InChI=1S/C24H22N2O4S/c1-15-7-9-17(10-8-15)21-25-22-20(19(14-31-22)24(28)29)23(27)26(21)11-4-12-30-18-6-3-5-16(2)13-18/h3,5-10,13-14H,4,11-12H2,1-2H3,(H,28,29). The maximum absolute atomic E-state index is 13.3. The van der Waals surface area contributed by atoms with Gasteiger partial charge in [0.1, 0.15) is 16.4 Å². The third-order valence-electron chi connectivity index (χ3n) is 5.02. The largest absolute Gasteiger partial charge is 0.494 e. The molecule has 0 saturated carbocycles. The summed E-state index contributed by atoms with van der Waals surface area (Å²) in [6.45, 7) is 4.79. The van der Waals surface area contributed by atoms with Crippen molar-refractivity contribution in [3.63, 3.8) is 0 Å². The lowest BCUT2D eigenvalue weighted by molar-refractivity contribution is 0.0699. The number of rotatable bonds is 7. The molecule has 0 aliphatic carbocycles. The van der Waals surface area contributed by atoms with E-state index in [1.807, 2.05) is 62.4 Å². The summed E-state index contributed by atoms with van der Waals surface area (Å²) in [5.74, 6) is 0.195. The average molecular weight is 435 g/mol. The Morgan fingerprint density at radius 1 is 1.13 bits per heavy atom. The van der Waals surface area contributed by atoms with Crippen LogP contribution in [0.15, 0.2) is 58.7 Å². The van der Waals surface area contributed by atoms with E-state index < -0.39 is 5.97 Å². The lowest BCUT2D eigenvalue weighted by Crippen LogP contribution is -2.25. The summed E-state index contributed by atoms with van der Waals surface area (Å²) in [4.78, 5) is 30.0. The SMILES string of the molecule is Cc1ccc(-c2nc3scc(C(=O)O)c3c(=O)n2CCCOc2cccc(C)c2)cc1. The Kier molecular flexibility index (Phi) is 5.86. The molecule has 6 nitrogen and oxygen atoms in total. The van der Waals surface area contributed by atoms with Crippen LogP contribution in [0.25, 0.3) is 21.6 Å². The second-order valence-corrected chi connectivity index (χ2v) is 8.27. The van der Waals surface area contributed by atoms with E-state index >= 15 is 0 Å². The first-order valence-corrected chi connectivity index (χ1v) is 10.8. The third-order valence-corrected chi connectivity index (χ3v) is 5.89. The summed E-state index contributed by atoms with van der Waals surface area (Å²) < 4.78 is 7.38. The van der Waals surface area contributed by atoms with Crippen molar-refractivity contribution in [2.24, 2.45) is 0 Å². The Hall–Kier alpha value is -3.45. The van der Waals surface area contributed by atoms with Gasteiger partial charge in [-0.15, -0.1) is 11.3 Å². The molecular formula is C24H22N2O4S. The number of benzene rings is 2. The lowest BCUT2D eigenvalue weighted by atomic mass is 10.1. The number of aromatic carboxylic acids is 1. The van der Waals surface area contributed by atoms with Gasteiger partial charge in [-0.3, -0.25) is 9.36 Å². The highest BCUT2D eigenvalue weighted by Gasteiger charge is 2.20. The predicted octanol–water partition coefficient (Wildman–Crippen LogP) is 4.91. The van der Waals surface area contributed by atoms with Crippen molar-refractivity contribution in [1.82, 2.24) is 9.55 Å². The molecule has 0 fully saturated rings. The average Bonchev–Trinajstić information content (AvgIpc) is 3.18. The quantitative estimate of drug-likeness (QED) is 0.418. The molecule has 2 heterocycles. The second-order valence-electron chi connectivity index (χ2n) is 7.41. The van der Waals surface area contributed by atoms with Gasteiger partial charge in [0.15, 0.2) is 0 Å². The summed E-state index contributed by atoms with van der Waals surface area (Å²) in [6.07, 6.45) is 0.576. The van der Waals surface area contributed by atoms with Gasteiger partial charge in [-0.25, -0.2) is 9.78 Å². The first kappa shape index (κ1) is 20.8. The molecule has 0 atom stereocenters. The summed E-state index contributed by atoms with van der Waals surface area (Å²) in [5, 5.41) is 11.1. The highest BCUT2D eigenvalue weighted by molar-refractivity contribution is 7.17. The number of carbonyl (C=O) groups is 1. The Balaban J connectivity index is 1.68. The van der Waals surface area contributed by atoms with Crippen molar-refractivity contribution < 1.29 is 14.6 Å². The van der Waals surface area contributed by atoms with Crippen LogP contribution in [0.4, 0.5) is 0 Å². The number of aryl methyl sites for hydroxylation is 2. The molecular weight excluding hydrogens is 412 g/mol. The van der Waals surface area contributed by atoms with Gasteiger partial charge in [0, 0.05) is 17.5 Å². The summed E-state index contributed by atoms with van der Waals surface area (Å²) in [5.41, 5.74) is 2.69. The number of fused-ring (bicyclic) bond motifs is 1. The van der Waals surface area contributed by atoms with Crippen LogP contribution in [0.5, 0.6) is 5.75 Å². The molecule has 1 N–H and O–H groups in total. The molecule has 0 unspecified atom stereocenters. The van der Waals surface area contributed by atoms with Crippen LogP contribution in [-0.2, 0) is 6.54 Å². The first-order chi connectivity index (χ1) is 14.9. The van der Waals surface area contributed by atoms with Crippen LogP contribution in [-0.4, -0.2) is 27.2 Å². The van der Waals surface area contributed by atoms with Crippen molar-refractivity contribution >= 4 is 27.5 Å². The summed E-state index contributed by atoms with van der Waals surface area (Å²) in [7, 11) is 0. The van der Waals surface area contributed by atoms with Crippen molar-refractivity contribution in [1.29, 1.82) is 0 Å². The molecule has 0 aliphatic rings. The van der Waals surface area contributed by atoms with Crippen LogP contribution in [0.1, 0.15) is 27.9 Å². The van der Waals surface area contributed by atoms with Crippen LogP contribution in [0.3, 0.4) is 0 Å². The van der Waals surface area contributed by atoms with E-state index in [4.69, 9.17) is 4.74 Å². The Bertz CT molecular complexity index is 1310. The molecule has 2 aromatic heterocycles. The number of nitrogens with zero attached hydrogens (tertiary/aromatic N) is 2. The molecule has 2 aromatic carbocycles. The summed E-state index contributed by atoms with van der Waals surface area (Å²) in [6, 6.07) is 15.6. The van der Waals surface area contributed by atoms with Crippen LogP contribution < -0.4 is 10.3 Å². The highest BCUT2D eigenvalue weighted by Crippen LogP contribution is 2.26. The normalized spacial score (nSPS) is 11.0. The zero-order chi connectivity index (χ0) is 22.0. The number of hydrogen-bond acceptors (Lipinski definition) is 5. The molecule has 31 heavy (non-hydrogen) atoms. The molecule has 4 aromatic rings. The van der Waals surface area contributed by atoms with Gasteiger partial charge < -0.3 is 9.84 Å². The van der Waals surface area contributed by atoms with E-state index in [-0.39, 0.29) is 16.5 Å². The van der Waals surface area contributed by atoms with Gasteiger partial charge in [0.05, 0.1) is 17.6 Å². The van der Waals surface area contributed by atoms with E-state index in [9.17, 15) is 14.7 Å². The fourth-order valence-corrected chi connectivity index (χ4v) is 4.33. The first-order valence-electron chi connectivity index (χ1n) is 9.96. The zero-order valence-electron chi connectivity index (χ0n) is 17.3. The molecule has 158 valence electrons. The predicted molar refractivity (Wildman–Crippen MR) is 122 cm³/mol. The van der Waals surface area contributed by atoms with Crippen molar-refractivity contribution in [3.05, 3.63) is 81.0 Å². The van der Waals surface area contributed by atoms with E-state index in [2.05, 4.69) is 4.98 Å². The third kappa shape index (κ3) is 4.36. The second kappa shape index (κ2) is 8.73. The summed E-state index contributed by atoms with van der Waals surface area (Å²) >= 11 is 1.17. The lowest BCUT2D eigenvalue weighted by Gasteiger charge is -2.14. The number of hydrogen-bond donors (Lipinski definition) is 1. The number of carboxylic acids is 1. The Morgan fingerprint density at radius 2 is 1.90 bits per heavy atom. The molecule has 0 bridgehead atoms. The Labute approximate surface area is 183 Å². The van der Waals surface area contributed by atoms with Crippen LogP contribution in [0, 0.1) is 13.8 Å². The van der Waals surface area contributed by atoms with E-state index in [0.29, 0.717) is 30.2 Å². The smallest absolute Gasteiger partial charge is 0.337 e. The van der Waals surface area contributed by atoms with Gasteiger partial charge in [0.2, 0.25) is 0 Å². The topological polar surface area (TPSA) is 81.4 Å². The molecule has 0 radical (unpaired) electrons. The fourth-order valence-electron chi connectivity index (χ4n) is 3.43.